The van der Waals surface area contributed by atoms with Gasteiger partial charge in [0.1, 0.15) is 11.7 Å². The van der Waals surface area contributed by atoms with Crippen molar-refractivity contribution in [1.29, 1.82) is 0 Å². The Morgan fingerprint density at radius 2 is 1.23 bits per heavy atom. The average molecular weight is 286 g/mol. The Bertz CT molecular complexity index is 737. The van der Waals surface area contributed by atoms with Crippen LogP contribution in [0.25, 0.3) is 0 Å². The zero-order chi connectivity index (χ0) is 14.8. The maximum Gasteiger partial charge on any atom is 0.128 e. The van der Waals surface area contributed by atoms with E-state index in [-0.39, 0.29) is 11.7 Å². The molecule has 1 aliphatic heterocycles. The van der Waals surface area contributed by atoms with Crippen LogP contribution in [0.2, 0.25) is 0 Å². The van der Waals surface area contributed by atoms with Crippen LogP contribution in [0.3, 0.4) is 0 Å². The van der Waals surface area contributed by atoms with E-state index in [0.717, 1.165) is 6.42 Å². The Morgan fingerprint density at radius 1 is 0.682 bits per heavy atom. The van der Waals surface area contributed by atoms with Gasteiger partial charge in [0.25, 0.3) is 0 Å². The summed E-state index contributed by atoms with van der Waals surface area (Å²) in [7, 11) is 0. The fraction of sp³-hybridized carbons (Fsp3) is 0.143. The quantitative estimate of drug-likeness (QED) is 0.622. The normalized spacial score (nSPS) is 23.2. The molecule has 0 unspecified atom stereocenters. The maximum atomic E-state index is 6.28. The standard InChI is InChI=1S/C21H18O/c1-4-10-17(11-5-1)16-21(19-14-8-3-9-15-19)20(22-21)18-12-6-2-7-13-18/h1-15,20H,16H2/t20-,21+/m0/s1. The molecule has 22 heavy (non-hydrogen) atoms. The van der Waals surface area contributed by atoms with Gasteiger partial charge in [-0.25, -0.2) is 0 Å². The van der Waals surface area contributed by atoms with Gasteiger partial charge < -0.3 is 4.74 Å². The zero-order valence-electron chi connectivity index (χ0n) is 12.4. The Hall–Kier alpha value is -2.38. The molecule has 0 spiro atoms. The van der Waals surface area contributed by atoms with Gasteiger partial charge in [-0.2, -0.15) is 0 Å². The molecule has 1 nitrogen and oxygen atoms in total. The predicted octanol–water partition coefficient (Wildman–Crippen LogP) is 4.90. The highest BCUT2D eigenvalue weighted by atomic mass is 16.6. The second-order valence-electron chi connectivity index (χ2n) is 5.83. The number of rotatable bonds is 4. The van der Waals surface area contributed by atoms with E-state index in [2.05, 4.69) is 84.9 Å². The molecule has 0 aliphatic carbocycles. The van der Waals surface area contributed by atoms with Gasteiger partial charge in [-0.15, -0.1) is 0 Å². The molecule has 1 heterocycles. The van der Waals surface area contributed by atoms with Crippen molar-refractivity contribution in [3.63, 3.8) is 0 Å². The second kappa shape index (κ2) is 5.43. The fourth-order valence-corrected chi connectivity index (χ4v) is 3.22. The minimum absolute atomic E-state index is 0.135. The third kappa shape index (κ3) is 2.34. The molecular weight excluding hydrogens is 268 g/mol. The molecule has 1 fully saturated rings. The van der Waals surface area contributed by atoms with E-state index in [4.69, 9.17) is 4.74 Å². The third-order valence-electron chi connectivity index (χ3n) is 4.37. The van der Waals surface area contributed by atoms with Crippen LogP contribution in [0.5, 0.6) is 0 Å². The average Bonchev–Trinajstić information content (AvgIpc) is 3.33. The molecule has 0 amide bonds. The maximum absolute atomic E-state index is 6.28. The summed E-state index contributed by atoms with van der Waals surface area (Å²) in [5.41, 5.74) is 3.59. The summed E-state index contributed by atoms with van der Waals surface area (Å²) in [6.45, 7) is 0. The second-order valence-corrected chi connectivity index (χ2v) is 5.83. The molecule has 0 bridgehead atoms. The van der Waals surface area contributed by atoms with E-state index < -0.39 is 0 Å². The first-order chi connectivity index (χ1) is 10.9. The molecule has 0 N–H and O–H groups in total. The summed E-state index contributed by atoms with van der Waals surface area (Å²) in [5, 5.41) is 0. The van der Waals surface area contributed by atoms with Gasteiger partial charge in [0.05, 0.1) is 0 Å². The van der Waals surface area contributed by atoms with Crippen LogP contribution in [0.4, 0.5) is 0 Å². The van der Waals surface area contributed by atoms with Gasteiger partial charge in [-0.3, -0.25) is 0 Å². The molecular formula is C21H18O. The summed E-state index contributed by atoms with van der Waals surface area (Å²) >= 11 is 0. The smallest absolute Gasteiger partial charge is 0.128 e. The molecule has 0 radical (unpaired) electrons. The lowest BCUT2D eigenvalue weighted by molar-refractivity contribution is 0.295. The first kappa shape index (κ1) is 13.3. The number of hydrogen-bond donors (Lipinski definition) is 0. The van der Waals surface area contributed by atoms with Crippen molar-refractivity contribution in [2.75, 3.05) is 0 Å². The SMILES string of the molecule is c1ccc(C[C@]2(c3ccccc3)O[C@H]2c2ccccc2)cc1. The minimum Gasteiger partial charge on any atom is -0.355 e. The van der Waals surface area contributed by atoms with Crippen molar-refractivity contribution in [2.24, 2.45) is 0 Å². The van der Waals surface area contributed by atoms with Gasteiger partial charge in [-0.05, 0) is 16.7 Å². The zero-order valence-corrected chi connectivity index (χ0v) is 12.4. The molecule has 0 saturated carbocycles. The van der Waals surface area contributed by atoms with Crippen molar-refractivity contribution in [3.8, 4) is 0 Å². The van der Waals surface area contributed by atoms with E-state index in [1.807, 2.05) is 6.07 Å². The first-order valence-corrected chi connectivity index (χ1v) is 7.71. The number of epoxide rings is 1. The Morgan fingerprint density at radius 3 is 1.86 bits per heavy atom. The molecule has 0 aromatic heterocycles. The predicted molar refractivity (Wildman–Crippen MR) is 88.5 cm³/mol. The van der Waals surface area contributed by atoms with E-state index in [0.29, 0.717) is 0 Å². The van der Waals surface area contributed by atoms with Crippen molar-refractivity contribution in [2.45, 2.75) is 18.1 Å². The lowest BCUT2D eigenvalue weighted by atomic mass is 9.86. The lowest BCUT2D eigenvalue weighted by Gasteiger charge is -2.14. The van der Waals surface area contributed by atoms with E-state index >= 15 is 0 Å². The highest BCUT2D eigenvalue weighted by Gasteiger charge is 2.58. The molecule has 3 aromatic rings. The summed E-state index contributed by atoms with van der Waals surface area (Å²) in [6, 6.07) is 31.7. The highest BCUT2D eigenvalue weighted by Crippen LogP contribution is 2.58. The number of hydrogen-bond acceptors (Lipinski definition) is 1. The van der Waals surface area contributed by atoms with Crippen LogP contribution in [-0.2, 0) is 16.8 Å². The summed E-state index contributed by atoms with van der Waals surface area (Å²) in [6.07, 6.45) is 1.04. The molecule has 1 heteroatoms. The highest BCUT2D eigenvalue weighted by molar-refractivity contribution is 5.38. The van der Waals surface area contributed by atoms with Crippen LogP contribution in [0, 0.1) is 0 Å². The van der Waals surface area contributed by atoms with E-state index in [1.165, 1.54) is 16.7 Å². The number of benzene rings is 3. The van der Waals surface area contributed by atoms with Crippen LogP contribution in [0.15, 0.2) is 91.0 Å². The largest absolute Gasteiger partial charge is 0.355 e. The van der Waals surface area contributed by atoms with Crippen LogP contribution in [-0.4, -0.2) is 0 Å². The molecule has 4 rings (SSSR count). The van der Waals surface area contributed by atoms with Gasteiger partial charge in [0.15, 0.2) is 0 Å². The Kier molecular flexibility index (Phi) is 3.28. The van der Waals surface area contributed by atoms with Crippen molar-refractivity contribution in [1.82, 2.24) is 0 Å². The lowest BCUT2D eigenvalue weighted by Crippen LogP contribution is -2.14. The molecule has 2 atom stereocenters. The molecule has 3 aromatic carbocycles. The third-order valence-corrected chi connectivity index (χ3v) is 4.37. The molecule has 1 aliphatic rings. The number of ether oxygens (including phenoxy) is 1. The van der Waals surface area contributed by atoms with Crippen LogP contribution < -0.4 is 0 Å². The van der Waals surface area contributed by atoms with Gasteiger partial charge >= 0.3 is 0 Å². The molecule has 108 valence electrons. The van der Waals surface area contributed by atoms with Crippen LogP contribution in [0.1, 0.15) is 22.8 Å². The topological polar surface area (TPSA) is 12.5 Å². The van der Waals surface area contributed by atoms with E-state index in [1.54, 1.807) is 0 Å². The van der Waals surface area contributed by atoms with Crippen LogP contribution >= 0.6 is 0 Å². The van der Waals surface area contributed by atoms with Gasteiger partial charge in [0, 0.05) is 6.42 Å². The summed E-state index contributed by atoms with van der Waals surface area (Å²) in [5.74, 6) is 0. The van der Waals surface area contributed by atoms with Gasteiger partial charge in [-0.1, -0.05) is 91.0 Å². The van der Waals surface area contributed by atoms with Gasteiger partial charge in [0.2, 0.25) is 0 Å². The minimum atomic E-state index is -0.232. The van der Waals surface area contributed by atoms with Crippen molar-refractivity contribution >= 4 is 0 Å². The van der Waals surface area contributed by atoms with Crippen molar-refractivity contribution in [3.05, 3.63) is 108 Å². The molecule has 1 saturated heterocycles. The van der Waals surface area contributed by atoms with Crippen molar-refractivity contribution < 1.29 is 4.74 Å². The van der Waals surface area contributed by atoms with E-state index in [9.17, 15) is 0 Å². The Labute approximate surface area is 131 Å². The monoisotopic (exact) mass is 286 g/mol. The fourth-order valence-electron chi connectivity index (χ4n) is 3.22. The Balaban J connectivity index is 1.72. The first-order valence-electron chi connectivity index (χ1n) is 7.71. The summed E-state index contributed by atoms with van der Waals surface area (Å²) < 4.78 is 6.28. The summed E-state index contributed by atoms with van der Waals surface area (Å²) in [4.78, 5) is 0.